The molecular formula is C28H30N4O. The number of aromatic nitrogens is 2. The van der Waals surface area contributed by atoms with Gasteiger partial charge in [0.05, 0.1) is 17.1 Å². The number of carbonyl (C=O) groups is 1. The first kappa shape index (κ1) is 21.4. The number of para-hydroxylation sites is 2. The number of fused-ring (bicyclic) bond motifs is 1. The second-order valence-corrected chi connectivity index (χ2v) is 8.84. The first-order valence-corrected chi connectivity index (χ1v) is 11.9. The number of H-pyrrole nitrogens is 1. The fourth-order valence-electron chi connectivity index (χ4n) is 4.67. The van der Waals surface area contributed by atoms with Crippen molar-refractivity contribution in [1.82, 2.24) is 20.2 Å². The third-order valence-electron chi connectivity index (χ3n) is 6.46. The average molecular weight is 439 g/mol. The van der Waals surface area contributed by atoms with Gasteiger partial charge >= 0.3 is 0 Å². The standard InChI is InChI=1S/C28H30N4O/c33-28(21-11-3-1-4-12-21)31-26(27-29-24-15-7-8-16-25(24)30-27)19-22-13-5-6-14-23(22)20-32-17-9-2-10-18-32/h1,3-8,11-16,26H,2,9-10,17-20H2,(H,29,30)(H,31,33). The fourth-order valence-corrected chi connectivity index (χ4v) is 4.67. The van der Waals surface area contributed by atoms with E-state index in [1.807, 2.05) is 54.6 Å². The third-order valence-corrected chi connectivity index (χ3v) is 6.46. The molecule has 33 heavy (non-hydrogen) atoms. The molecule has 2 heterocycles. The summed E-state index contributed by atoms with van der Waals surface area (Å²) in [6.07, 6.45) is 4.56. The smallest absolute Gasteiger partial charge is 0.251 e. The fraction of sp³-hybridized carbons (Fsp3) is 0.286. The normalized spacial score (nSPS) is 15.4. The molecule has 2 N–H and O–H groups in total. The van der Waals surface area contributed by atoms with E-state index in [9.17, 15) is 4.79 Å². The second kappa shape index (κ2) is 10.0. The highest BCUT2D eigenvalue weighted by atomic mass is 16.1. The van der Waals surface area contributed by atoms with Crippen LogP contribution in [0.1, 0.15) is 52.6 Å². The molecule has 1 aromatic heterocycles. The number of nitrogens with one attached hydrogen (secondary N) is 2. The summed E-state index contributed by atoms with van der Waals surface area (Å²) in [6, 6.07) is 25.7. The van der Waals surface area contributed by atoms with E-state index in [0.717, 1.165) is 36.5 Å². The Bertz CT molecular complexity index is 1180. The molecule has 0 aliphatic carbocycles. The molecule has 5 nitrogen and oxygen atoms in total. The van der Waals surface area contributed by atoms with Crippen molar-refractivity contribution in [2.45, 2.75) is 38.3 Å². The van der Waals surface area contributed by atoms with Crippen LogP contribution in [0.4, 0.5) is 0 Å². The number of amides is 1. The third kappa shape index (κ3) is 5.15. The van der Waals surface area contributed by atoms with E-state index in [0.29, 0.717) is 12.0 Å². The van der Waals surface area contributed by atoms with Crippen molar-refractivity contribution in [1.29, 1.82) is 0 Å². The van der Waals surface area contributed by atoms with Crippen molar-refractivity contribution in [2.24, 2.45) is 0 Å². The first-order valence-electron chi connectivity index (χ1n) is 11.9. The number of carbonyl (C=O) groups excluding carboxylic acids is 1. The zero-order valence-corrected chi connectivity index (χ0v) is 18.8. The summed E-state index contributed by atoms with van der Waals surface area (Å²) in [5, 5.41) is 3.24. The molecule has 1 saturated heterocycles. The lowest BCUT2D eigenvalue weighted by atomic mass is 9.98. The maximum absolute atomic E-state index is 13.1. The summed E-state index contributed by atoms with van der Waals surface area (Å²) in [4.78, 5) is 23.9. The zero-order valence-electron chi connectivity index (χ0n) is 18.8. The number of imidazole rings is 1. The first-order chi connectivity index (χ1) is 16.3. The molecule has 3 aromatic carbocycles. The Hall–Kier alpha value is -3.44. The minimum atomic E-state index is -0.257. The van der Waals surface area contributed by atoms with Crippen LogP contribution in [0.3, 0.4) is 0 Å². The van der Waals surface area contributed by atoms with Crippen LogP contribution in [0.2, 0.25) is 0 Å². The molecule has 5 rings (SSSR count). The van der Waals surface area contributed by atoms with Crippen molar-refractivity contribution in [3.63, 3.8) is 0 Å². The van der Waals surface area contributed by atoms with Crippen molar-refractivity contribution < 1.29 is 4.79 Å². The van der Waals surface area contributed by atoms with E-state index in [4.69, 9.17) is 4.98 Å². The number of likely N-dealkylation sites (tertiary alicyclic amines) is 1. The molecule has 0 saturated carbocycles. The minimum absolute atomic E-state index is 0.0884. The number of aromatic amines is 1. The van der Waals surface area contributed by atoms with Crippen molar-refractivity contribution in [2.75, 3.05) is 13.1 Å². The molecule has 168 valence electrons. The number of rotatable bonds is 7. The van der Waals surface area contributed by atoms with Crippen LogP contribution in [0.5, 0.6) is 0 Å². The summed E-state index contributed by atoms with van der Waals surface area (Å²) in [5.74, 6) is 0.697. The predicted molar refractivity (Wildman–Crippen MR) is 132 cm³/mol. The van der Waals surface area contributed by atoms with Gasteiger partial charge in [-0.2, -0.15) is 0 Å². The van der Waals surface area contributed by atoms with E-state index < -0.39 is 0 Å². The van der Waals surface area contributed by atoms with Crippen LogP contribution >= 0.6 is 0 Å². The van der Waals surface area contributed by atoms with Gasteiger partial charge in [0.25, 0.3) is 5.91 Å². The van der Waals surface area contributed by atoms with E-state index in [2.05, 4.69) is 39.5 Å². The minimum Gasteiger partial charge on any atom is -0.342 e. The van der Waals surface area contributed by atoms with Gasteiger partial charge in [-0.05, 0) is 61.3 Å². The Morgan fingerprint density at radius 3 is 2.36 bits per heavy atom. The van der Waals surface area contributed by atoms with Crippen LogP contribution in [0, 0.1) is 0 Å². The molecule has 4 aromatic rings. The SMILES string of the molecule is O=C(NC(Cc1ccccc1CN1CCCCC1)c1nc2ccccc2[nH]1)c1ccccc1. The van der Waals surface area contributed by atoms with Crippen LogP contribution < -0.4 is 5.32 Å². The average Bonchev–Trinajstić information content (AvgIpc) is 3.30. The van der Waals surface area contributed by atoms with Gasteiger partial charge in [0.2, 0.25) is 0 Å². The molecule has 0 spiro atoms. The molecule has 0 bridgehead atoms. The Morgan fingerprint density at radius 2 is 1.58 bits per heavy atom. The number of piperidine rings is 1. The van der Waals surface area contributed by atoms with Crippen molar-refractivity contribution in [3.8, 4) is 0 Å². The largest absolute Gasteiger partial charge is 0.342 e. The summed E-state index contributed by atoms with van der Waals surface area (Å²) >= 11 is 0. The van der Waals surface area contributed by atoms with Gasteiger partial charge in [0.15, 0.2) is 0 Å². The topological polar surface area (TPSA) is 61.0 Å². The zero-order chi connectivity index (χ0) is 22.5. The Morgan fingerprint density at radius 1 is 0.879 bits per heavy atom. The number of nitrogens with zero attached hydrogens (tertiary/aromatic N) is 2. The van der Waals surface area contributed by atoms with Gasteiger partial charge in [-0.1, -0.05) is 61.0 Å². The predicted octanol–water partition coefficient (Wildman–Crippen LogP) is 5.26. The Balaban J connectivity index is 1.44. The lowest BCUT2D eigenvalue weighted by Gasteiger charge is -2.28. The molecule has 5 heteroatoms. The van der Waals surface area contributed by atoms with Crippen LogP contribution in [-0.2, 0) is 13.0 Å². The molecule has 1 fully saturated rings. The summed E-state index contributed by atoms with van der Waals surface area (Å²) in [6.45, 7) is 3.27. The quantitative estimate of drug-likeness (QED) is 0.414. The molecule has 1 amide bonds. The maximum Gasteiger partial charge on any atom is 0.251 e. The Labute approximate surface area is 194 Å². The molecule has 1 unspecified atom stereocenters. The van der Waals surface area contributed by atoms with E-state index in [-0.39, 0.29) is 11.9 Å². The van der Waals surface area contributed by atoms with Crippen LogP contribution in [-0.4, -0.2) is 33.9 Å². The molecule has 0 radical (unpaired) electrons. The van der Waals surface area contributed by atoms with Gasteiger partial charge < -0.3 is 10.3 Å². The van der Waals surface area contributed by atoms with Crippen molar-refractivity contribution in [3.05, 3.63) is 101 Å². The number of hydrogen-bond acceptors (Lipinski definition) is 3. The Kier molecular flexibility index (Phi) is 6.49. The monoisotopic (exact) mass is 438 g/mol. The van der Waals surface area contributed by atoms with Crippen LogP contribution in [0.15, 0.2) is 78.9 Å². The van der Waals surface area contributed by atoms with Gasteiger partial charge in [0, 0.05) is 18.5 Å². The van der Waals surface area contributed by atoms with Gasteiger partial charge in [-0.25, -0.2) is 4.98 Å². The highest BCUT2D eigenvalue weighted by Gasteiger charge is 2.22. The van der Waals surface area contributed by atoms with E-state index >= 15 is 0 Å². The number of hydrogen-bond donors (Lipinski definition) is 2. The molecule has 1 aliphatic heterocycles. The molecule has 1 aliphatic rings. The second-order valence-electron chi connectivity index (χ2n) is 8.84. The van der Waals surface area contributed by atoms with E-state index in [1.165, 1.54) is 30.4 Å². The van der Waals surface area contributed by atoms with Gasteiger partial charge in [0.1, 0.15) is 5.82 Å². The van der Waals surface area contributed by atoms with Crippen molar-refractivity contribution >= 4 is 16.9 Å². The summed E-state index contributed by atoms with van der Waals surface area (Å²) in [7, 11) is 0. The lowest BCUT2D eigenvalue weighted by molar-refractivity contribution is 0.0934. The maximum atomic E-state index is 13.1. The molecule has 1 atom stereocenters. The summed E-state index contributed by atoms with van der Waals surface area (Å²) in [5.41, 5.74) is 5.12. The van der Waals surface area contributed by atoms with E-state index in [1.54, 1.807) is 0 Å². The van der Waals surface area contributed by atoms with Gasteiger partial charge in [-0.3, -0.25) is 9.69 Å². The highest BCUT2D eigenvalue weighted by molar-refractivity contribution is 5.94. The van der Waals surface area contributed by atoms with Gasteiger partial charge in [-0.15, -0.1) is 0 Å². The number of benzene rings is 3. The summed E-state index contributed by atoms with van der Waals surface area (Å²) < 4.78 is 0. The lowest BCUT2D eigenvalue weighted by Crippen LogP contribution is -2.32. The van der Waals surface area contributed by atoms with Crippen LogP contribution in [0.25, 0.3) is 11.0 Å². The highest BCUT2D eigenvalue weighted by Crippen LogP contribution is 2.24. The molecular weight excluding hydrogens is 408 g/mol.